The Morgan fingerprint density at radius 3 is 0.947 bits per heavy atom. The van der Waals surface area contributed by atoms with Crippen molar-refractivity contribution in [2.75, 3.05) is 72.0 Å². The summed E-state index contributed by atoms with van der Waals surface area (Å²) >= 11 is 0. The van der Waals surface area contributed by atoms with Crippen molar-refractivity contribution in [2.24, 2.45) is 0 Å². The van der Waals surface area contributed by atoms with Gasteiger partial charge in [-0.1, -0.05) is 317 Å². The van der Waals surface area contributed by atoms with E-state index in [2.05, 4.69) is 53.0 Å². The lowest BCUT2D eigenvalue weighted by Crippen LogP contribution is -2.39. The van der Waals surface area contributed by atoms with E-state index >= 15 is 0 Å². The number of rotatable bonds is 44. The molecule has 75 heavy (non-hydrogen) atoms. The van der Waals surface area contributed by atoms with Crippen molar-refractivity contribution >= 4 is 12.3 Å². The molecule has 0 aliphatic carbocycles. The predicted octanol–water partition coefficient (Wildman–Crippen LogP) is 19.7. The molecule has 0 unspecified atom stereocenters. The smallest absolute Gasteiger partial charge is 0.234 e. The Labute approximate surface area is 472 Å². The van der Waals surface area contributed by atoms with Crippen molar-refractivity contribution in [3.8, 4) is 0 Å². The van der Waals surface area contributed by atoms with Gasteiger partial charge in [0.2, 0.25) is 12.3 Å². The van der Waals surface area contributed by atoms with Crippen LogP contribution in [0.2, 0.25) is 0 Å². The summed E-state index contributed by atoms with van der Waals surface area (Å²) in [6.07, 6.45) is 71.8. The number of unbranched alkanes of at least 4 members (excludes halogenated alkanes) is 27. The minimum absolute atomic E-state index is 0.253. The second-order valence-corrected chi connectivity index (χ2v) is 24.0. The molecule has 1 fully saturated rings. The molecule has 1 aliphatic heterocycles. The standard InChI is InChI=1S/C36H72N2O.C32H67N3O/c1-2-3-4-5-6-7-20-23-26-29-32-37-36(39)35-38-33-30-27-24-21-18-16-14-12-10-8-9-11-13-15-17-19-22-25-28-31-34-38;1-4-7-9-11-13-15-17-19-21-23-27-35(31-30-34(26-6-3)29-25-33-32-36)28-24-22-20-18-16-14-12-10-8-5-2/h2-35H2,1H3,(H,37,39);32H,4-31H2,1-3H3,(H,33,36). The summed E-state index contributed by atoms with van der Waals surface area (Å²) in [5.74, 6) is 0.253. The molecular formula is C68H139N5O2. The lowest BCUT2D eigenvalue weighted by atomic mass is 10.0. The van der Waals surface area contributed by atoms with Crippen LogP contribution >= 0.6 is 0 Å². The summed E-state index contributed by atoms with van der Waals surface area (Å²) in [5.41, 5.74) is 0. The van der Waals surface area contributed by atoms with Crippen LogP contribution in [0.4, 0.5) is 0 Å². The quantitative estimate of drug-likeness (QED) is 0.0470. The first-order chi connectivity index (χ1) is 37.1. The highest BCUT2D eigenvalue weighted by Crippen LogP contribution is 2.18. The zero-order valence-corrected chi connectivity index (χ0v) is 52.1. The molecule has 1 rings (SSSR count). The molecule has 0 saturated carbocycles. The fourth-order valence-electron chi connectivity index (χ4n) is 11.4. The van der Waals surface area contributed by atoms with Crippen LogP contribution in [-0.4, -0.2) is 99.0 Å². The van der Waals surface area contributed by atoms with Crippen molar-refractivity contribution < 1.29 is 9.59 Å². The third-order valence-corrected chi connectivity index (χ3v) is 16.5. The van der Waals surface area contributed by atoms with Crippen molar-refractivity contribution in [3.05, 3.63) is 0 Å². The molecule has 448 valence electrons. The minimum atomic E-state index is 0.253. The van der Waals surface area contributed by atoms with Crippen LogP contribution in [0.15, 0.2) is 0 Å². The van der Waals surface area contributed by atoms with Crippen LogP contribution < -0.4 is 10.6 Å². The Morgan fingerprint density at radius 2 is 0.627 bits per heavy atom. The lowest BCUT2D eigenvalue weighted by molar-refractivity contribution is -0.122. The van der Waals surface area contributed by atoms with Crippen LogP contribution in [0.1, 0.15) is 355 Å². The van der Waals surface area contributed by atoms with E-state index in [1.807, 2.05) is 0 Å². The van der Waals surface area contributed by atoms with Gasteiger partial charge in [0, 0.05) is 32.7 Å². The molecular weight excluding hydrogens is 919 g/mol. The van der Waals surface area contributed by atoms with Gasteiger partial charge in [0.15, 0.2) is 0 Å². The first-order valence-electron chi connectivity index (χ1n) is 34.7. The number of carbonyl (C=O) groups is 2. The second-order valence-electron chi connectivity index (χ2n) is 24.0. The van der Waals surface area contributed by atoms with Gasteiger partial charge in [-0.2, -0.15) is 0 Å². The minimum Gasteiger partial charge on any atom is -0.357 e. The van der Waals surface area contributed by atoms with Gasteiger partial charge in [-0.3, -0.25) is 14.5 Å². The van der Waals surface area contributed by atoms with Gasteiger partial charge in [-0.25, -0.2) is 0 Å². The van der Waals surface area contributed by atoms with Gasteiger partial charge in [0.1, 0.15) is 0 Å². The van der Waals surface area contributed by atoms with Crippen LogP contribution in [-0.2, 0) is 9.59 Å². The summed E-state index contributed by atoms with van der Waals surface area (Å²) in [4.78, 5) is 31.0. The molecule has 0 atom stereocenters. The van der Waals surface area contributed by atoms with Crippen LogP contribution in [0.5, 0.6) is 0 Å². The lowest BCUT2D eigenvalue weighted by Gasteiger charge is -2.27. The normalized spacial score (nSPS) is 15.7. The van der Waals surface area contributed by atoms with Crippen LogP contribution in [0.25, 0.3) is 0 Å². The number of carbonyl (C=O) groups excluding carboxylic acids is 2. The zero-order valence-electron chi connectivity index (χ0n) is 52.1. The highest BCUT2D eigenvalue weighted by Gasteiger charge is 2.12. The van der Waals surface area contributed by atoms with Gasteiger partial charge in [-0.15, -0.1) is 0 Å². The molecule has 1 saturated heterocycles. The molecule has 2 amide bonds. The third kappa shape index (κ3) is 60.3. The maximum atomic E-state index is 12.7. The van der Waals surface area contributed by atoms with Crippen LogP contribution in [0, 0.1) is 0 Å². The van der Waals surface area contributed by atoms with Crippen molar-refractivity contribution in [1.29, 1.82) is 0 Å². The summed E-state index contributed by atoms with van der Waals surface area (Å²) in [7, 11) is 0. The summed E-state index contributed by atoms with van der Waals surface area (Å²) in [6, 6.07) is 0. The molecule has 1 aliphatic rings. The average molecular weight is 1060 g/mol. The van der Waals surface area contributed by atoms with Crippen molar-refractivity contribution in [3.63, 3.8) is 0 Å². The summed E-state index contributed by atoms with van der Waals surface area (Å²) in [6.45, 7) is 20.5. The average Bonchev–Trinajstić information content (AvgIpc) is 3.41. The van der Waals surface area contributed by atoms with Gasteiger partial charge in [0.25, 0.3) is 0 Å². The van der Waals surface area contributed by atoms with E-state index in [1.165, 1.54) is 341 Å². The molecule has 7 nitrogen and oxygen atoms in total. The maximum Gasteiger partial charge on any atom is 0.234 e. The molecule has 1 heterocycles. The Kier molecular flexibility index (Phi) is 64.3. The van der Waals surface area contributed by atoms with E-state index in [-0.39, 0.29) is 5.91 Å². The molecule has 0 spiro atoms. The van der Waals surface area contributed by atoms with Gasteiger partial charge >= 0.3 is 0 Å². The number of nitrogens with one attached hydrogen (secondary N) is 2. The molecule has 0 aromatic heterocycles. The molecule has 0 aromatic carbocycles. The van der Waals surface area contributed by atoms with Gasteiger partial charge < -0.3 is 20.4 Å². The fourth-order valence-corrected chi connectivity index (χ4v) is 11.4. The second kappa shape index (κ2) is 65.3. The number of amides is 2. The largest absolute Gasteiger partial charge is 0.357 e. The first-order valence-corrected chi connectivity index (χ1v) is 34.7. The van der Waals surface area contributed by atoms with E-state index in [0.717, 1.165) is 58.6 Å². The number of hydrogen-bond acceptors (Lipinski definition) is 5. The van der Waals surface area contributed by atoms with E-state index in [4.69, 9.17) is 0 Å². The number of nitrogens with zero attached hydrogens (tertiary/aromatic N) is 3. The third-order valence-electron chi connectivity index (χ3n) is 16.5. The zero-order chi connectivity index (χ0) is 54.3. The SMILES string of the molecule is CCCCCCCCCCCCN(CCCCCCCCCCCC)CCN(CCC)CCNC=O.CCCCCCCCCCCCNC(=O)CN1CCCCCCCCCCCCCCCCCCCCCC1. The number of hydrogen-bond donors (Lipinski definition) is 2. The Balaban J connectivity index is 0.00000147. The highest BCUT2D eigenvalue weighted by atomic mass is 16.2. The Morgan fingerprint density at radius 1 is 0.333 bits per heavy atom. The van der Waals surface area contributed by atoms with Crippen molar-refractivity contribution in [1.82, 2.24) is 25.3 Å². The highest BCUT2D eigenvalue weighted by molar-refractivity contribution is 5.77. The molecule has 7 heteroatoms. The van der Waals surface area contributed by atoms with Gasteiger partial charge in [0.05, 0.1) is 6.54 Å². The molecule has 0 bridgehead atoms. The molecule has 0 radical (unpaired) electrons. The fraction of sp³-hybridized carbons (Fsp3) is 0.971. The van der Waals surface area contributed by atoms with E-state index in [9.17, 15) is 9.59 Å². The Hall–Kier alpha value is -1.18. The van der Waals surface area contributed by atoms with Crippen LogP contribution in [0.3, 0.4) is 0 Å². The monoisotopic (exact) mass is 1060 g/mol. The van der Waals surface area contributed by atoms with Crippen molar-refractivity contribution in [2.45, 2.75) is 355 Å². The Bertz CT molecular complexity index is 1030. The molecule has 2 N–H and O–H groups in total. The van der Waals surface area contributed by atoms with Gasteiger partial charge in [-0.05, 0) is 71.2 Å². The summed E-state index contributed by atoms with van der Waals surface area (Å²) in [5, 5.41) is 6.07. The topological polar surface area (TPSA) is 67.9 Å². The summed E-state index contributed by atoms with van der Waals surface area (Å²) < 4.78 is 0. The van der Waals surface area contributed by atoms with E-state index < -0.39 is 0 Å². The first kappa shape index (κ1) is 73.8. The van der Waals surface area contributed by atoms with E-state index in [0.29, 0.717) is 6.54 Å². The molecule has 0 aromatic rings. The van der Waals surface area contributed by atoms with E-state index in [1.54, 1.807) is 0 Å². The maximum absolute atomic E-state index is 12.7. The predicted molar refractivity (Wildman–Crippen MR) is 335 cm³/mol.